The van der Waals surface area contributed by atoms with Crippen LogP contribution < -0.4 is 16.4 Å². The third-order valence-electron chi connectivity index (χ3n) is 2.37. The standard InChI is InChI=1S/C13H20FN3O2/c1-8(2)16-11-5-4-9(14)6-12(11)17-13(18)10(15)7-19-3/h4-6,8,10,16H,7,15H2,1-3H3,(H,17,18). The number of ether oxygens (including phenoxy) is 1. The van der Waals surface area contributed by atoms with Gasteiger partial charge in [-0.3, -0.25) is 4.79 Å². The second kappa shape index (κ2) is 7.06. The van der Waals surface area contributed by atoms with E-state index >= 15 is 0 Å². The number of amides is 1. The quantitative estimate of drug-likeness (QED) is 0.732. The molecule has 0 spiro atoms. The van der Waals surface area contributed by atoms with Crippen LogP contribution >= 0.6 is 0 Å². The molecule has 1 aromatic carbocycles. The normalized spacial score (nSPS) is 12.3. The van der Waals surface area contributed by atoms with E-state index in [4.69, 9.17) is 10.5 Å². The summed E-state index contributed by atoms with van der Waals surface area (Å²) < 4.78 is 18.1. The highest BCUT2D eigenvalue weighted by molar-refractivity contribution is 5.97. The molecule has 0 aliphatic carbocycles. The van der Waals surface area contributed by atoms with E-state index in [1.165, 1.54) is 19.2 Å². The van der Waals surface area contributed by atoms with E-state index in [9.17, 15) is 9.18 Å². The van der Waals surface area contributed by atoms with Crippen molar-refractivity contribution in [3.8, 4) is 0 Å². The van der Waals surface area contributed by atoms with Crippen LogP contribution in [0.2, 0.25) is 0 Å². The predicted octanol–water partition coefficient (Wildman–Crippen LogP) is 1.56. The first kappa shape index (κ1) is 15.4. The number of anilines is 2. The number of nitrogens with one attached hydrogen (secondary N) is 2. The van der Waals surface area contributed by atoms with Gasteiger partial charge < -0.3 is 21.1 Å². The molecule has 1 amide bonds. The van der Waals surface area contributed by atoms with Crippen LogP contribution in [-0.4, -0.2) is 31.7 Å². The second-order valence-electron chi connectivity index (χ2n) is 4.54. The summed E-state index contributed by atoms with van der Waals surface area (Å²) in [5.74, 6) is -0.843. The van der Waals surface area contributed by atoms with Gasteiger partial charge in [-0.05, 0) is 32.0 Å². The molecular weight excluding hydrogens is 249 g/mol. The van der Waals surface area contributed by atoms with Gasteiger partial charge >= 0.3 is 0 Å². The lowest BCUT2D eigenvalue weighted by atomic mass is 10.2. The number of rotatable bonds is 6. The fourth-order valence-electron chi connectivity index (χ4n) is 1.54. The van der Waals surface area contributed by atoms with Gasteiger partial charge in [0.15, 0.2) is 0 Å². The van der Waals surface area contributed by atoms with Gasteiger partial charge in [-0.1, -0.05) is 0 Å². The largest absolute Gasteiger partial charge is 0.383 e. The number of nitrogens with two attached hydrogens (primary N) is 1. The first-order chi connectivity index (χ1) is 8.93. The molecule has 106 valence electrons. The first-order valence-electron chi connectivity index (χ1n) is 6.05. The molecule has 1 rings (SSSR count). The average molecular weight is 269 g/mol. The van der Waals surface area contributed by atoms with Crippen molar-refractivity contribution >= 4 is 17.3 Å². The molecule has 5 nitrogen and oxygen atoms in total. The summed E-state index contributed by atoms with van der Waals surface area (Å²) in [6.07, 6.45) is 0. The Kier molecular flexibility index (Phi) is 5.72. The summed E-state index contributed by atoms with van der Waals surface area (Å²) >= 11 is 0. The molecule has 0 saturated carbocycles. The highest BCUT2D eigenvalue weighted by Gasteiger charge is 2.15. The molecule has 19 heavy (non-hydrogen) atoms. The molecule has 6 heteroatoms. The van der Waals surface area contributed by atoms with Crippen molar-refractivity contribution in [1.82, 2.24) is 0 Å². The van der Waals surface area contributed by atoms with E-state index in [1.54, 1.807) is 6.07 Å². The van der Waals surface area contributed by atoms with Gasteiger partial charge in [0.2, 0.25) is 5.91 Å². The van der Waals surface area contributed by atoms with Crippen molar-refractivity contribution in [3.63, 3.8) is 0 Å². The van der Waals surface area contributed by atoms with Gasteiger partial charge in [0.05, 0.1) is 18.0 Å². The zero-order chi connectivity index (χ0) is 14.4. The lowest BCUT2D eigenvalue weighted by Crippen LogP contribution is -2.39. The smallest absolute Gasteiger partial charge is 0.243 e. The second-order valence-corrected chi connectivity index (χ2v) is 4.54. The lowest BCUT2D eigenvalue weighted by Gasteiger charge is -2.17. The lowest BCUT2D eigenvalue weighted by molar-refractivity contribution is -0.118. The summed E-state index contributed by atoms with van der Waals surface area (Å²) in [4.78, 5) is 11.8. The number of carbonyl (C=O) groups is 1. The van der Waals surface area contributed by atoms with E-state index in [0.29, 0.717) is 11.4 Å². The Labute approximate surface area is 112 Å². The van der Waals surface area contributed by atoms with Crippen LogP contribution in [0.4, 0.5) is 15.8 Å². The Bertz CT molecular complexity index is 438. The third kappa shape index (κ3) is 4.84. The van der Waals surface area contributed by atoms with Crippen LogP contribution in [0.5, 0.6) is 0 Å². The van der Waals surface area contributed by atoms with E-state index < -0.39 is 17.8 Å². The minimum Gasteiger partial charge on any atom is -0.383 e. The van der Waals surface area contributed by atoms with E-state index in [1.807, 2.05) is 13.8 Å². The molecule has 1 atom stereocenters. The highest BCUT2D eigenvalue weighted by Crippen LogP contribution is 2.23. The minimum atomic E-state index is -0.792. The summed E-state index contributed by atoms with van der Waals surface area (Å²) in [6.45, 7) is 4.01. The molecule has 0 heterocycles. The fraction of sp³-hybridized carbons (Fsp3) is 0.462. The molecular formula is C13H20FN3O2. The fourth-order valence-corrected chi connectivity index (χ4v) is 1.54. The van der Waals surface area contributed by atoms with E-state index in [0.717, 1.165) is 0 Å². The molecule has 1 unspecified atom stereocenters. The van der Waals surface area contributed by atoms with Gasteiger partial charge in [-0.25, -0.2) is 4.39 Å². The van der Waals surface area contributed by atoms with Crippen molar-refractivity contribution < 1.29 is 13.9 Å². The Balaban J connectivity index is 2.86. The van der Waals surface area contributed by atoms with Gasteiger partial charge in [0.1, 0.15) is 11.9 Å². The highest BCUT2D eigenvalue weighted by atomic mass is 19.1. The summed E-state index contributed by atoms with van der Waals surface area (Å²) in [5.41, 5.74) is 6.63. The maximum absolute atomic E-state index is 13.2. The van der Waals surface area contributed by atoms with Crippen LogP contribution in [0.15, 0.2) is 18.2 Å². The van der Waals surface area contributed by atoms with Crippen molar-refractivity contribution in [2.45, 2.75) is 25.9 Å². The molecule has 0 fully saturated rings. The Morgan fingerprint density at radius 3 is 2.68 bits per heavy atom. The number of hydrogen-bond acceptors (Lipinski definition) is 4. The number of carbonyl (C=O) groups excluding carboxylic acids is 1. The van der Waals surface area contributed by atoms with Crippen LogP contribution in [0.3, 0.4) is 0 Å². The third-order valence-corrected chi connectivity index (χ3v) is 2.37. The van der Waals surface area contributed by atoms with Gasteiger partial charge in [0, 0.05) is 13.2 Å². The number of halogens is 1. The van der Waals surface area contributed by atoms with Gasteiger partial charge in [0.25, 0.3) is 0 Å². The average Bonchev–Trinajstić information content (AvgIpc) is 2.32. The van der Waals surface area contributed by atoms with Crippen LogP contribution in [-0.2, 0) is 9.53 Å². The van der Waals surface area contributed by atoms with Gasteiger partial charge in [-0.2, -0.15) is 0 Å². The van der Waals surface area contributed by atoms with Crippen LogP contribution in [0, 0.1) is 5.82 Å². The number of benzene rings is 1. The van der Waals surface area contributed by atoms with Crippen molar-refractivity contribution in [2.24, 2.45) is 5.73 Å². The van der Waals surface area contributed by atoms with Crippen molar-refractivity contribution in [2.75, 3.05) is 24.4 Å². The SMILES string of the molecule is COCC(N)C(=O)Nc1cc(F)ccc1NC(C)C. The van der Waals surface area contributed by atoms with Crippen molar-refractivity contribution in [3.05, 3.63) is 24.0 Å². The number of methoxy groups -OCH3 is 1. The Hall–Kier alpha value is -1.66. The molecule has 1 aromatic rings. The molecule has 0 aromatic heterocycles. The first-order valence-corrected chi connectivity index (χ1v) is 6.05. The maximum Gasteiger partial charge on any atom is 0.243 e. The Morgan fingerprint density at radius 2 is 2.11 bits per heavy atom. The minimum absolute atomic E-state index is 0.105. The zero-order valence-electron chi connectivity index (χ0n) is 11.4. The molecule has 0 bridgehead atoms. The predicted molar refractivity (Wildman–Crippen MR) is 73.6 cm³/mol. The Morgan fingerprint density at radius 1 is 1.42 bits per heavy atom. The molecule has 0 radical (unpaired) electrons. The monoisotopic (exact) mass is 269 g/mol. The van der Waals surface area contributed by atoms with Gasteiger partial charge in [-0.15, -0.1) is 0 Å². The maximum atomic E-state index is 13.2. The van der Waals surface area contributed by atoms with E-state index in [2.05, 4.69) is 10.6 Å². The van der Waals surface area contributed by atoms with Crippen LogP contribution in [0.1, 0.15) is 13.8 Å². The molecule has 0 saturated heterocycles. The summed E-state index contributed by atoms with van der Waals surface area (Å²) in [6, 6.07) is 3.53. The molecule has 0 aliphatic rings. The molecule has 4 N–H and O–H groups in total. The van der Waals surface area contributed by atoms with Crippen molar-refractivity contribution in [1.29, 1.82) is 0 Å². The van der Waals surface area contributed by atoms with E-state index in [-0.39, 0.29) is 12.6 Å². The summed E-state index contributed by atoms with van der Waals surface area (Å²) in [5, 5.41) is 5.72. The topological polar surface area (TPSA) is 76.4 Å². The summed E-state index contributed by atoms with van der Waals surface area (Å²) in [7, 11) is 1.46. The molecule has 0 aliphatic heterocycles. The zero-order valence-corrected chi connectivity index (χ0v) is 11.4. The number of hydrogen-bond donors (Lipinski definition) is 3. The van der Waals surface area contributed by atoms with Crippen LogP contribution in [0.25, 0.3) is 0 Å².